The first-order valence-electron chi connectivity index (χ1n) is 11.3. The van der Waals surface area contributed by atoms with E-state index >= 15 is 0 Å². The van der Waals surface area contributed by atoms with Crippen LogP contribution in [-0.2, 0) is 0 Å². The molecule has 1 saturated heterocycles. The van der Waals surface area contributed by atoms with Gasteiger partial charge in [-0.1, -0.05) is 5.21 Å². The van der Waals surface area contributed by atoms with E-state index in [2.05, 4.69) is 20.2 Å². The topological polar surface area (TPSA) is 87.1 Å². The van der Waals surface area contributed by atoms with Crippen LogP contribution in [0.2, 0.25) is 0 Å². The predicted octanol–water partition coefficient (Wildman–Crippen LogP) is 3.22. The highest BCUT2D eigenvalue weighted by atomic mass is 19.2. The van der Waals surface area contributed by atoms with Gasteiger partial charge in [-0.15, -0.1) is 5.10 Å². The molecule has 0 radical (unpaired) electrons. The molecular weight excluding hydrogens is 454 g/mol. The molecule has 5 rings (SSSR count). The molecular formula is C25H24F2N6O2. The molecule has 1 unspecified atom stereocenters. The molecule has 0 spiro atoms. The lowest BCUT2D eigenvalue weighted by atomic mass is 10.1. The third-order valence-electron chi connectivity index (χ3n) is 6.25. The van der Waals surface area contributed by atoms with Crippen LogP contribution >= 0.6 is 0 Å². The summed E-state index contributed by atoms with van der Waals surface area (Å²) in [4.78, 5) is 32.1. The number of benzene rings is 2. The van der Waals surface area contributed by atoms with Gasteiger partial charge in [0.15, 0.2) is 11.6 Å². The number of rotatable bonds is 5. The van der Waals surface area contributed by atoms with E-state index in [1.54, 1.807) is 30.5 Å². The average molecular weight is 479 g/mol. The van der Waals surface area contributed by atoms with E-state index in [-0.39, 0.29) is 28.7 Å². The van der Waals surface area contributed by atoms with E-state index in [1.165, 1.54) is 10.7 Å². The highest BCUT2D eigenvalue weighted by Gasteiger charge is 2.29. The van der Waals surface area contributed by atoms with Crippen molar-refractivity contribution in [3.8, 4) is 16.9 Å². The van der Waals surface area contributed by atoms with Crippen LogP contribution in [0.25, 0.3) is 27.8 Å². The van der Waals surface area contributed by atoms with Crippen LogP contribution in [0.4, 0.5) is 8.78 Å². The smallest absolute Gasteiger partial charge is 0.258 e. The molecule has 1 atom stereocenters. The molecule has 4 aromatic rings. The van der Waals surface area contributed by atoms with E-state index in [9.17, 15) is 18.4 Å². The van der Waals surface area contributed by atoms with Gasteiger partial charge in [0.05, 0.1) is 23.0 Å². The number of pyridine rings is 1. The number of likely N-dealkylation sites (tertiary alicyclic amines) is 1. The molecule has 1 N–H and O–H groups in total. The van der Waals surface area contributed by atoms with E-state index in [0.717, 1.165) is 38.1 Å². The number of nitrogens with zero attached hydrogens (tertiary/aromatic N) is 5. The Balaban J connectivity index is 1.38. The fourth-order valence-corrected chi connectivity index (χ4v) is 4.54. The second kappa shape index (κ2) is 9.03. The number of H-pyrrole nitrogens is 1. The van der Waals surface area contributed by atoms with Crippen molar-refractivity contribution in [2.45, 2.75) is 18.9 Å². The minimum Gasteiger partial charge on any atom is -0.334 e. The Labute approximate surface area is 199 Å². The molecule has 1 aliphatic heterocycles. The minimum absolute atomic E-state index is 0.00606. The number of nitrogens with one attached hydrogen (secondary N) is 1. The summed E-state index contributed by atoms with van der Waals surface area (Å²) < 4.78 is 28.6. The number of amides is 1. The van der Waals surface area contributed by atoms with Crippen LogP contribution in [0.5, 0.6) is 0 Å². The Kier molecular flexibility index (Phi) is 5.89. The number of hydrogen-bond donors (Lipinski definition) is 1. The van der Waals surface area contributed by atoms with Crippen LogP contribution in [0.1, 0.15) is 23.2 Å². The van der Waals surface area contributed by atoms with Crippen LogP contribution in [0.15, 0.2) is 53.5 Å². The van der Waals surface area contributed by atoms with E-state index in [1.807, 2.05) is 19.0 Å². The van der Waals surface area contributed by atoms with Crippen molar-refractivity contribution in [2.24, 2.45) is 0 Å². The van der Waals surface area contributed by atoms with Gasteiger partial charge in [0.1, 0.15) is 5.69 Å². The summed E-state index contributed by atoms with van der Waals surface area (Å²) >= 11 is 0. The second-order valence-electron chi connectivity index (χ2n) is 9.02. The molecule has 2 aromatic heterocycles. The normalized spacial score (nSPS) is 15.9. The maximum absolute atomic E-state index is 13.6. The molecule has 1 aliphatic rings. The summed E-state index contributed by atoms with van der Waals surface area (Å²) in [5.74, 6) is -2.03. The van der Waals surface area contributed by atoms with Crippen LogP contribution in [-0.4, -0.2) is 68.9 Å². The Bertz CT molecular complexity index is 1460. The van der Waals surface area contributed by atoms with Crippen molar-refractivity contribution in [3.05, 3.63) is 76.2 Å². The van der Waals surface area contributed by atoms with Gasteiger partial charge in [-0.05, 0) is 63.3 Å². The highest BCUT2D eigenvalue weighted by Crippen LogP contribution is 2.23. The highest BCUT2D eigenvalue weighted by molar-refractivity contribution is 5.94. The number of aromatic amines is 1. The lowest BCUT2D eigenvalue weighted by molar-refractivity contribution is 0.0716. The molecule has 8 nitrogen and oxygen atoms in total. The van der Waals surface area contributed by atoms with Crippen LogP contribution in [0.3, 0.4) is 0 Å². The van der Waals surface area contributed by atoms with Crippen molar-refractivity contribution >= 4 is 16.8 Å². The molecule has 0 aliphatic carbocycles. The standard InChI is InChI=1S/C25H24F2N6O2/c1-31(2)13-18-4-3-9-32(18)25(35)15-5-7-17(8-6-15)33-14-23(29-30-33)19-10-16-11-20(26)21(27)12-22(16)28-24(19)34/h5-8,10-12,14,18H,3-4,9,13H2,1-2H3,(H,28,34). The van der Waals surface area contributed by atoms with Crippen molar-refractivity contribution in [1.29, 1.82) is 0 Å². The molecule has 180 valence electrons. The summed E-state index contributed by atoms with van der Waals surface area (Å²) in [6, 6.07) is 10.7. The molecule has 10 heteroatoms. The Morgan fingerprint density at radius 3 is 2.63 bits per heavy atom. The largest absolute Gasteiger partial charge is 0.334 e. The first kappa shape index (κ1) is 22.9. The monoisotopic (exact) mass is 478 g/mol. The fraction of sp³-hybridized carbons (Fsp3) is 0.280. The lowest BCUT2D eigenvalue weighted by Crippen LogP contribution is -2.41. The molecule has 1 amide bonds. The first-order chi connectivity index (χ1) is 16.8. The number of hydrogen-bond acceptors (Lipinski definition) is 5. The summed E-state index contributed by atoms with van der Waals surface area (Å²) in [5, 5.41) is 8.50. The molecule has 0 bridgehead atoms. The van der Waals surface area contributed by atoms with Crippen molar-refractivity contribution in [3.63, 3.8) is 0 Å². The minimum atomic E-state index is -1.04. The molecule has 2 aromatic carbocycles. The fourth-order valence-electron chi connectivity index (χ4n) is 4.54. The Morgan fingerprint density at radius 2 is 1.89 bits per heavy atom. The molecule has 0 saturated carbocycles. The van der Waals surface area contributed by atoms with Gasteiger partial charge in [0, 0.05) is 36.1 Å². The van der Waals surface area contributed by atoms with E-state index < -0.39 is 17.2 Å². The number of carbonyl (C=O) groups excluding carboxylic acids is 1. The van der Waals surface area contributed by atoms with Gasteiger partial charge in [0.2, 0.25) is 0 Å². The number of halogens is 2. The van der Waals surface area contributed by atoms with Gasteiger partial charge in [-0.3, -0.25) is 9.59 Å². The average Bonchev–Trinajstić information content (AvgIpc) is 3.49. The van der Waals surface area contributed by atoms with Crippen LogP contribution in [0, 0.1) is 11.6 Å². The summed E-state index contributed by atoms with van der Waals surface area (Å²) in [7, 11) is 4.01. The zero-order valence-electron chi connectivity index (χ0n) is 19.3. The summed E-state index contributed by atoms with van der Waals surface area (Å²) in [6.45, 7) is 1.59. The van der Waals surface area contributed by atoms with Gasteiger partial charge >= 0.3 is 0 Å². The SMILES string of the molecule is CN(C)CC1CCCN1C(=O)c1ccc(-n2cc(-c3cc4cc(F)c(F)cc4[nH]c3=O)nn2)cc1. The van der Waals surface area contributed by atoms with Gasteiger partial charge in [-0.2, -0.15) is 0 Å². The Morgan fingerprint density at radius 1 is 1.14 bits per heavy atom. The van der Waals surface area contributed by atoms with Gasteiger partial charge in [-0.25, -0.2) is 13.5 Å². The molecule has 35 heavy (non-hydrogen) atoms. The predicted molar refractivity (Wildman–Crippen MR) is 127 cm³/mol. The maximum Gasteiger partial charge on any atom is 0.258 e. The van der Waals surface area contributed by atoms with Crippen molar-refractivity contribution < 1.29 is 13.6 Å². The number of carbonyl (C=O) groups is 1. The van der Waals surface area contributed by atoms with Crippen molar-refractivity contribution in [1.82, 2.24) is 29.8 Å². The van der Waals surface area contributed by atoms with Crippen LogP contribution < -0.4 is 5.56 Å². The Hall–Kier alpha value is -3.92. The zero-order chi connectivity index (χ0) is 24.7. The number of likely N-dealkylation sites (N-methyl/N-ethyl adjacent to an activating group) is 1. The van der Waals surface area contributed by atoms with E-state index in [4.69, 9.17) is 0 Å². The second-order valence-corrected chi connectivity index (χ2v) is 9.02. The molecule has 1 fully saturated rings. The first-order valence-corrected chi connectivity index (χ1v) is 11.3. The van der Waals surface area contributed by atoms with E-state index in [0.29, 0.717) is 16.6 Å². The third kappa shape index (κ3) is 4.44. The summed E-state index contributed by atoms with van der Waals surface area (Å²) in [5.41, 5.74) is 1.42. The number of fused-ring (bicyclic) bond motifs is 1. The maximum atomic E-state index is 13.6. The zero-order valence-corrected chi connectivity index (χ0v) is 19.3. The molecule has 3 heterocycles. The third-order valence-corrected chi connectivity index (χ3v) is 6.25. The lowest BCUT2D eigenvalue weighted by Gasteiger charge is -2.27. The van der Waals surface area contributed by atoms with Crippen molar-refractivity contribution in [2.75, 3.05) is 27.2 Å². The van der Waals surface area contributed by atoms with Gasteiger partial charge in [0.25, 0.3) is 11.5 Å². The summed E-state index contributed by atoms with van der Waals surface area (Å²) in [6.07, 6.45) is 3.57. The quantitative estimate of drug-likeness (QED) is 0.476. The number of aromatic nitrogens is 4. The van der Waals surface area contributed by atoms with Gasteiger partial charge < -0.3 is 14.8 Å².